The number of carbonyl (C=O) groups is 1. The van der Waals surface area contributed by atoms with E-state index in [0.29, 0.717) is 31.6 Å². The van der Waals surface area contributed by atoms with Crippen LogP contribution < -0.4 is 10.9 Å². The second kappa shape index (κ2) is 6.91. The number of alkyl halides is 3. The molecule has 1 aliphatic heterocycles. The average Bonchev–Trinajstić information content (AvgIpc) is 2.48. The third kappa shape index (κ3) is 4.44. The molecule has 0 bridgehead atoms. The summed E-state index contributed by atoms with van der Waals surface area (Å²) in [7, 11) is 0. The molecule has 1 amide bonds. The summed E-state index contributed by atoms with van der Waals surface area (Å²) in [5.74, 6) is -1.19. The average molecular weight is 302 g/mol. The van der Waals surface area contributed by atoms with Gasteiger partial charge in [0.25, 0.3) is 5.91 Å². The molecule has 7 heteroatoms. The van der Waals surface area contributed by atoms with Crippen LogP contribution in [0.4, 0.5) is 13.2 Å². The van der Waals surface area contributed by atoms with Gasteiger partial charge in [-0.05, 0) is 30.9 Å². The Morgan fingerprint density at radius 2 is 1.81 bits per heavy atom. The summed E-state index contributed by atoms with van der Waals surface area (Å²) < 4.78 is 44.4. The fourth-order valence-electron chi connectivity index (χ4n) is 2.32. The number of hydrogen-bond acceptors (Lipinski definition) is 3. The molecule has 0 spiro atoms. The van der Waals surface area contributed by atoms with Gasteiger partial charge in [0.2, 0.25) is 0 Å². The fourth-order valence-corrected chi connectivity index (χ4v) is 2.32. The molecule has 0 radical (unpaired) electrons. The normalized spacial score (nSPS) is 18.2. The van der Waals surface area contributed by atoms with Crippen LogP contribution in [-0.4, -0.2) is 31.3 Å². The molecule has 2 rings (SSSR count). The number of hydrogen-bond donors (Lipinski definition) is 2. The van der Waals surface area contributed by atoms with Crippen molar-refractivity contribution in [2.24, 2.45) is 5.92 Å². The smallest absolute Gasteiger partial charge is 0.381 e. The molecule has 1 saturated heterocycles. The summed E-state index contributed by atoms with van der Waals surface area (Å²) >= 11 is 0. The largest absolute Gasteiger partial charge is 0.405 e. The number of benzene rings is 1. The van der Waals surface area contributed by atoms with Crippen LogP contribution in [0.5, 0.6) is 0 Å². The standard InChI is InChI=1S/C14H17F3N2O2/c15-14(16,17)12(10-6-8-21-9-7-10)18-19-13(20)11-4-2-1-3-5-11/h1-5,10,12,18H,6-9H2,(H,19,20). The van der Waals surface area contributed by atoms with Crippen molar-refractivity contribution < 1.29 is 22.7 Å². The highest BCUT2D eigenvalue weighted by molar-refractivity contribution is 5.93. The maximum absolute atomic E-state index is 13.1. The number of amides is 1. The molecule has 1 aliphatic rings. The molecule has 0 aromatic heterocycles. The van der Waals surface area contributed by atoms with E-state index in [-0.39, 0.29) is 0 Å². The SMILES string of the molecule is O=C(NNC(C1CCOCC1)C(F)(F)F)c1ccccc1. The molecule has 1 heterocycles. The third-order valence-electron chi connectivity index (χ3n) is 3.47. The molecule has 1 unspecified atom stereocenters. The molecule has 1 aromatic carbocycles. The van der Waals surface area contributed by atoms with Crippen molar-refractivity contribution in [3.8, 4) is 0 Å². The maximum atomic E-state index is 13.1. The van der Waals surface area contributed by atoms with E-state index in [1.807, 2.05) is 0 Å². The minimum atomic E-state index is -4.42. The van der Waals surface area contributed by atoms with E-state index in [1.165, 1.54) is 12.1 Å². The van der Waals surface area contributed by atoms with E-state index >= 15 is 0 Å². The van der Waals surface area contributed by atoms with Crippen LogP contribution in [0.25, 0.3) is 0 Å². The van der Waals surface area contributed by atoms with E-state index < -0.39 is 24.0 Å². The topological polar surface area (TPSA) is 50.4 Å². The molecular formula is C14H17F3N2O2. The highest BCUT2D eigenvalue weighted by Crippen LogP contribution is 2.30. The van der Waals surface area contributed by atoms with Gasteiger partial charge in [-0.2, -0.15) is 13.2 Å². The van der Waals surface area contributed by atoms with Crippen LogP contribution in [0.3, 0.4) is 0 Å². The van der Waals surface area contributed by atoms with E-state index in [0.717, 1.165) is 0 Å². The van der Waals surface area contributed by atoms with E-state index in [1.54, 1.807) is 18.2 Å². The lowest BCUT2D eigenvalue weighted by Gasteiger charge is -2.32. The molecule has 116 valence electrons. The maximum Gasteiger partial charge on any atom is 0.405 e. The van der Waals surface area contributed by atoms with E-state index in [9.17, 15) is 18.0 Å². The summed E-state index contributed by atoms with van der Waals surface area (Å²) in [6.45, 7) is 0.622. The summed E-state index contributed by atoms with van der Waals surface area (Å²) in [6, 6.07) is 6.32. The van der Waals surface area contributed by atoms with Crippen LogP contribution in [-0.2, 0) is 4.74 Å². The summed E-state index contributed by atoms with van der Waals surface area (Å²) in [4.78, 5) is 11.8. The lowest BCUT2D eigenvalue weighted by Crippen LogP contribution is -2.55. The zero-order chi connectivity index (χ0) is 15.3. The van der Waals surface area contributed by atoms with Crippen molar-refractivity contribution in [1.82, 2.24) is 10.9 Å². The van der Waals surface area contributed by atoms with Gasteiger partial charge in [-0.25, -0.2) is 5.43 Å². The van der Waals surface area contributed by atoms with E-state index in [4.69, 9.17) is 4.74 Å². The van der Waals surface area contributed by atoms with Gasteiger partial charge in [0, 0.05) is 18.8 Å². The van der Waals surface area contributed by atoms with Crippen molar-refractivity contribution in [1.29, 1.82) is 0 Å². The van der Waals surface area contributed by atoms with Crippen molar-refractivity contribution in [3.05, 3.63) is 35.9 Å². The summed E-state index contributed by atoms with van der Waals surface area (Å²) in [6.07, 6.45) is -3.79. The molecule has 2 N–H and O–H groups in total. The van der Waals surface area contributed by atoms with Crippen LogP contribution in [0, 0.1) is 5.92 Å². The molecular weight excluding hydrogens is 285 g/mol. The molecule has 1 fully saturated rings. The van der Waals surface area contributed by atoms with Gasteiger partial charge in [0.05, 0.1) is 0 Å². The Morgan fingerprint density at radius 3 is 2.38 bits per heavy atom. The van der Waals surface area contributed by atoms with E-state index in [2.05, 4.69) is 10.9 Å². The van der Waals surface area contributed by atoms with Crippen molar-refractivity contribution in [2.75, 3.05) is 13.2 Å². The highest BCUT2D eigenvalue weighted by atomic mass is 19.4. The number of rotatable bonds is 4. The van der Waals surface area contributed by atoms with Gasteiger partial charge in [-0.3, -0.25) is 10.2 Å². The first kappa shape index (κ1) is 15.8. The van der Waals surface area contributed by atoms with Gasteiger partial charge >= 0.3 is 6.18 Å². The lowest BCUT2D eigenvalue weighted by atomic mass is 9.92. The Labute approximate surface area is 120 Å². The molecule has 0 saturated carbocycles. The number of carbonyl (C=O) groups excluding carboxylic acids is 1. The second-order valence-electron chi connectivity index (χ2n) is 4.93. The zero-order valence-corrected chi connectivity index (χ0v) is 11.3. The van der Waals surface area contributed by atoms with Gasteiger partial charge < -0.3 is 4.74 Å². The molecule has 1 atom stereocenters. The first-order chi connectivity index (χ1) is 9.98. The minimum Gasteiger partial charge on any atom is -0.381 e. The second-order valence-corrected chi connectivity index (χ2v) is 4.93. The molecule has 0 aliphatic carbocycles. The number of halogens is 3. The molecule has 4 nitrogen and oxygen atoms in total. The van der Waals surface area contributed by atoms with Crippen molar-refractivity contribution in [3.63, 3.8) is 0 Å². The fraction of sp³-hybridized carbons (Fsp3) is 0.500. The summed E-state index contributed by atoms with van der Waals surface area (Å²) in [5, 5.41) is 0. The van der Waals surface area contributed by atoms with Crippen molar-refractivity contribution in [2.45, 2.75) is 25.1 Å². The van der Waals surface area contributed by atoms with Crippen LogP contribution in [0.15, 0.2) is 30.3 Å². The Bertz CT molecular complexity index is 459. The Kier molecular flexibility index (Phi) is 5.19. The highest BCUT2D eigenvalue weighted by Gasteiger charge is 2.45. The van der Waals surface area contributed by atoms with Crippen LogP contribution in [0.2, 0.25) is 0 Å². The monoisotopic (exact) mass is 302 g/mol. The number of nitrogens with one attached hydrogen (secondary N) is 2. The minimum absolute atomic E-state index is 0.304. The van der Waals surface area contributed by atoms with Gasteiger partial charge in [0.1, 0.15) is 6.04 Å². The predicted octanol–water partition coefficient (Wildman–Crippen LogP) is 2.28. The van der Waals surface area contributed by atoms with Crippen LogP contribution in [0.1, 0.15) is 23.2 Å². The van der Waals surface area contributed by atoms with Gasteiger partial charge in [0.15, 0.2) is 0 Å². The Morgan fingerprint density at radius 1 is 1.19 bits per heavy atom. The first-order valence-electron chi connectivity index (χ1n) is 6.74. The first-order valence-corrected chi connectivity index (χ1v) is 6.74. The third-order valence-corrected chi connectivity index (χ3v) is 3.47. The predicted molar refractivity (Wildman–Crippen MR) is 70.4 cm³/mol. The van der Waals surface area contributed by atoms with Crippen molar-refractivity contribution >= 4 is 5.91 Å². The zero-order valence-electron chi connectivity index (χ0n) is 11.3. The molecule has 21 heavy (non-hydrogen) atoms. The molecule has 1 aromatic rings. The lowest BCUT2D eigenvalue weighted by molar-refractivity contribution is -0.176. The van der Waals surface area contributed by atoms with Gasteiger partial charge in [-0.15, -0.1) is 0 Å². The van der Waals surface area contributed by atoms with Crippen LogP contribution >= 0.6 is 0 Å². The summed E-state index contributed by atoms with van der Waals surface area (Å²) in [5.41, 5.74) is 4.60. The Balaban J connectivity index is 1.97. The number of hydrazine groups is 1. The quantitative estimate of drug-likeness (QED) is 0.839. The number of ether oxygens (including phenoxy) is 1. The van der Waals surface area contributed by atoms with Gasteiger partial charge in [-0.1, -0.05) is 18.2 Å². The Hall–Kier alpha value is -1.60.